The van der Waals surface area contributed by atoms with Gasteiger partial charge in [0.2, 0.25) is 5.43 Å². The maximum Gasteiger partial charge on any atom is 0.277 e. The van der Waals surface area contributed by atoms with Crippen LogP contribution in [0.5, 0.6) is 5.75 Å². The average molecular weight is 549 g/mol. The number of pyridine rings is 1. The van der Waals surface area contributed by atoms with Crippen molar-refractivity contribution in [2.24, 2.45) is 0 Å². The van der Waals surface area contributed by atoms with Crippen molar-refractivity contribution < 1.29 is 9.53 Å². The minimum absolute atomic E-state index is 0.0629. The number of unbranched alkanes of at least 4 members (excludes halogenated alkanes) is 1. The van der Waals surface area contributed by atoms with Gasteiger partial charge in [-0.2, -0.15) is 0 Å². The maximum absolute atomic E-state index is 13.9. The molecule has 0 spiro atoms. The van der Waals surface area contributed by atoms with E-state index in [4.69, 9.17) is 4.74 Å². The molecule has 7 heteroatoms. The summed E-state index contributed by atoms with van der Waals surface area (Å²) in [4.78, 5) is 28.8. The van der Waals surface area contributed by atoms with Crippen LogP contribution in [0, 0.1) is 0 Å². The summed E-state index contributed by atoms with van der Waals surface area (Å²) in [5, 5.41) is 5.71. The van der Waals surface area contributed by atoms with E-state index >= 15 is 0 Å². The highest BCUT2D eigenvalue weighted by Gasteiger charge is 2.39. The van der Waals surface area contributed by atoms with E-state index in [1.807, 2.05) is 73.0 Å². The van der Waals surface area contributed by atoms with Crippen molar-refractivity contribution in [2.75, 3.05) is 24.8 Å². The molecule has 7 nitrogen and oxygen atoms in total. The Morgan fingerprint density at radius 2 is 1.78 bits per heavy atom. The Balaban J connectivity index is 1.57. The summed E-state index contributed by atoms with van der Waals surface area (Å²) in [7, 11) is 0. The Hall–Kier alpha value is -4.78. The quantitative estimate of drug-likeness (QED) is 0.254. The zero-order chi connectivity index (χ0) is 28.7. The second kappa shape index (κ2) is 12.6. The van der Waals surface area contributed by atoms with Gasteiger partial charge in [0.25, 0.3) is 5.91 Å². The van der Waals surface area contributed by atoms with Crippen molar-refractivity contribution in [1.29, 1.82) is 0 Å². The van der Waals surface area contributed by atoms with Gasteiger partial charge in [0, 0.05) is 18.8 Å². The smallest absolute Gasteiger partial charge is 0.277 e. The summed E-state index contributed by atoms with van der Waals surface area (Å²) in [6.45, 7) is 9.35. The van der Waals surface area contributed by atoms with Gasteiger partial charge >= 0.3 is 0 Å². The molecule has 0 saturated carbocycles. The fourth-order valence-corrected chi connectivity index (χ4v) is 5.46. The van der Waals surface area contributed by atoms with Crippen LogP contribution in [0.15, 0.2) is 121 Å². The average Bonchev–Trinajstić information content (AvgIpc) is 3.00. The molecule has 0 radical (unpaired) electrons. The predicted molar refractivity (Wildman–Crippen MR) is 163 cm³/mol. The molecule has 5 rings (SSSR count). The van der Waals surface area contributed by atoms with Crippen molar-refractivity contribution in [1.82, 2.24) is 14.9 Å². The molecule has 0 aliphatic carbocycles. The Bertz CT molecular complexity index is 1520. The molecule has 2 aliphatic rings. The van der Waals surface area contributed by atoms with Crippen LogP contribution in [-0.4, -0.2) is 35.2 Å². The van der Waals surface area contributed by atoms with E-state index in [0.717, 1.165) is 36.0 Å². The van der Waals surface area contributed by atoms with E-state index in [2.05, 4.69) is 41.7 Å². The van der Waals surface area contributed by atoms with Crippen LogP contribution in [0.3, 0.4) is 0 Å². The van der Waals surface area contributed by atoms with Gasteiger partial charge < -0.3 is 15.0 Å². The zero-order valence-electron chi connectivity index (χ0n) is 23.2. The van der Waals surface area contributed by atoms with Crippen LogP contribution in [0.4, 0.5) is 0 Å². The van der Waals surface area contributed by atoms with Crippen molar-refractivity contribution in [3.05, 3.63) is 149 Å². The number of rotatable bonds is 12. The van der Waals surface area contributed by atoms with Crippen LogP contribution < -0.4 is 20.5 Å². The fourth-order valence-electron chi connectivity index (χ4n) is 5.46. The summed E-state index contributed by atoms with van der Waals surface area (Å²) in [6, 6.07) is 19.4. The number of amides is 1. The van der Waals surface area contributed by atoms with Gasteiger partial charge in [-0.05, 0) is 48.2 Å². The van der Waals surface area contributed by atoms with Gasteiger partial charge in [0.1, 0.15) is 18.8 Å². The highest BCUT2D eigenvalue weighted by atomic mass is 16.5. The van der Waals surface area contributed by atoms with E-state index in [9.17, 15) is 9.59 Å². The minimum Gasteiger partial charge on any atom is -0.482 e. The van der Waals surface area contributed by atoms with Gasteiger partial charge in [0.15, 0.2) is 11.4 Å². The molecule has 2 aromatic carbocycles. The molecule has 210 valence electrons. The number of ether oxygens (including phenoxy) is 1. The third kappa shape index (κ3) is 5.89. The maximum atomic E-state index is 13.9. The van der Waals surface area contributed by atoms with E-state index in [1.54, 1.807) is 15.8 Å². The topological polar surface area (TPSA) is 66.8 Å². The van der Waals surface area contributed by atoms with Crippen LogP contribution in [-0.2, 0) is 18.6 Å². The van der Waals surface area contributed by atoms with Crippen LogP contribution in [0.25, 0.3) is 0 Å². The molecule has 3 heterocycles. The van der Waals surface area contributed by atoms with E-state index in [0.29, 0.717) is 19.8 Å². The summed E-state index contributed by atoms with van der Waals surface area (Å²) in [5.41, 5.74) is 2.53. The van der Waals surface area contributed by atoms with Crippen molar-refractivity contribution in [3.63, 3.8) is 0 Å². The Morgan fingerprint density at radius 3 is 2.54 bits per heavy atom. The lowest BCUT2D eigenvalue weighted by Gasteiger charge is -2.45. The monoisotopic (exact) mass is 548 g/mol. The molecule has 1 atom stereocenters. The second-order valence-corrected chi connectivity index (χ2v) is 10.3. The van der Waals surface area contributed by atoms with Crippen LogP contribution in [0.1, 0.15) is 40.0 Å². The van der Waals surface area contributed by atoms with Crippen molar-refractivity contribution in [2.45, 2.75) is 31.4 Å². The highest BCUT2D eigenvalue weighted by molar-refractivity contribution is 5.96. The molecule has 0 fully saturated rings. The molecule has 1 unspecified atom stereocenters. The number of carbonyl (C=O) groups is 1. The van der Waals surface area contributed by atoms with Gasteiger partial charge in [0.05, 0.1) is 6.54 Å². The first-order valence-electron chi connectivity index (χ1n) is 14.0. The minimum atomic E-state index is -0.590. The Labute approximate surface area is 241 Å². The van der Waals surface area contributed by atoms with Gasteiger partial charge in [-0.25, -0.2) is 0 Å². The van der Waals surface area contributed by atoms with Gasteiger partial charge in [-0.1, -0.05) is 78.9 Å². The Kier molecular flexibility index (Phi) is 8.53. The zero-order valence-corrected chi connectivity index (χ0v) is 23.2. The van der Waals surface area contributed by atoms with Crippen LogP contribution in [0.2, 0.25) is 0 Å². The number of carbonyl (C=O) groups excluding carboxylic acids is 1. The number of hydrogen-bond donors (Lipinski definition) is 1. The van der Waals surface area contributed by atoms with E-state index in [1.165, 1.54) is 6.07 Å². The largest absolute Gasteiger partial charge is 0.482 e. The number of hydrogen-bond acceptors (Lipinski definition) is 5. The number of dihydropyridines is 1. The number of fused-ring (bicyclic) bond motifs is 1. The van der Waals surface area contributed by atoms with Crippen LogP contribution >= 0.6 is 0 Å². The van der Waals surface area contributed by atoms with Gasteiger partial charge in [-0.15, -0.1) is 13.2 Å². The molecule has 41 heavy (non-hydrogen) atoms. The van der Waals surface area contributed by atoms with Crippen molar-refractivity contribution in [3.8, 4) is 5.75 Å². The molecule has 3 aromatic rings. The summed E-state index contributed by atoms with van der Waals surface area (Å²) in [5.74, 6) is -0.160. The normalized spacial score (nSPS) is 17.6. The highest BCUT2D eigenvalue weighted by Crippen LogP contribution is 2.32. The summed E-state index contributed by atoms with van der Waals surface area (Å²) < 4.78 is 7.88. The number of nitrogens with one attached hydrogen (secondary N) is 1. The first kappa shape index (κ1) is 27.8. The molecule has 1 aromatic heterocycles. The SMILES string of the molecule is C=CCCCN1CN(CC2(c3ccccc3CC=C)C=CC=CN2)n2ccc(=O)c(OCc3ccccc3)c2C1=O. The lowest BCUT2D eigenvalue weighted by molar-refractivity contribution is 0.0676. The number of nitrogens with zero attached hydrogens (tertiary/aromatic N) is 3. The molecule has 2 aliphatic heterocycles. The third-order valence-electron chi connectivity index (χ3n) is 7.45. The molecular weight excluding hydrogens is 512 g/mol. The van der Waals surface area contributed by atoms with E-state index in [-0.39, 0.29) is 29.4 Å². The number of allylic oxidation sites excluding steroid dienone is 4. The first-order chi connectivity index (χ1) is 20.1. The fraction of sp³-hybridized carbons (Fsp3) is 0.235. The van der Waals surface area contributed by atoms with Crippen molar-refractivity contribution >= 4 is 5.91 Å². The molecule has 1 amide bonds. The molecular formula is C34H36N4O3. The Morgan fingerprint density at radius 1 is 0.976 bits per heavy atom. The summed E-state index contributed by atoms with van der Waals surface area (Å²) in [6.07, 6.45) is 15.8. The lowest BCUT2D eigenvalue weighted by atomic mass is 9.83. The summed E-state index contributed by atoms with van der Waals surface area (Å²) >= 11 is 0. The predicted octanol–water partition coefficient (Wildman–Crippen LogP) is 5.04. The van der Waals surface area contributed by atoms with E-state index < -0.39 is 5.54 Å². The molecule has 0 saturated heterocycles. The standard InChI is InChI=1S/C34H36N4O3/c1-3-5-13-22-36-26-37(25-34(20-11-12-21-35-34)29-18-10-9-17-28(29)14-4-2)38-23-19-30(39)32(31(38)33(36)40)41-24-27-15-7-6-8-16-27/h3-4,6-12,15-21,23,35H,1-2,5,13-14,22,24-26H2. The molecule has 1 N–H and O–H groups in total. The molecule has 0 bridgehead atoms. The number of benzene rings is 2. The number of aromatic nitrogens is 1. The lowest BCUT2D eigenvalue weighted by Crippen LogP contribution is -2.60. The second-order valence-electron chi connectivity index (χ2n) is 10.3. The first-order valence-corrected chi connectivity index (χ1v) is 14.0. The third-order valence-corrected chi connectivity index (χ3v) is 7.45. The van der Waals surface area contributed by atoms with Gasteiger partial charge in [-0.3, -0.25) is 19.3 Å².